The minimum atomic E-state index is -0.799. The van der Waals surface area contributed by atoms with E-state index in [4.69, 9.17) is 10.5 Å². The lowest BCUT2D eigenvalue weighted by Crippen LogP contribution is -2.54. The van der Waals surface area contributed by atoms with Gasteiger partial charge in [-0.15, -0.1) is 0 Å². The average Bonchev–Trinajstić information content (AvgIpc) is 2.58. The molecule has 0 aliphatic carbocycles. The summed E-state index contributed by atoms with van der Waals surface area (Å²) in [6.07, 6.45) is 0.332. The van der Waals surface area contributed by atoms with Crippen molar-refractivity contribution in [2.75, 3.05) is 5.32 Å². The van der Waals surface area contributed by atoms with E-state index in [0.29, 0.717) is 11.6 Å². The molecule has 5 heteroatoms. The monoisotopic (exact) mass is 209 g/mol. The van der Waals surface area contributed by atoms with Crippen LogP contribution in [0.15, 0.2) is 18.3 Å². The second kappa shape index (κ2) is 3.36. The van der Waals surface area contributed by atoms with E-state index < -0.39 is 17.9 Å². The van der Waals surface area contributed by atoms with E-state index in [-0.39, 0.29) is 0 Å². The van der Waals surface area contributed by atoms with E-state index in [2.05, 4.69) is 10.3 Å². The summed E-state index contributed by atoms with van der Waals surface area (Å²) in [4.78, 5) is 4.09. The van der Waals surface area contributed by atoms with Crippen LogP contribution in [0.4, 0.5) is 5.82 Å². The third-order valence-electron chi connectivity index (χ3n) is 2.35. The Hall–Kier alpha value is -1.33. The standard InChI is InChI=1S/C10H15N3O2/c1-10(2,11)7(14)9-13-8-6(15-9)4-3-5-12-8/h3-5,7,9,14H,11H2,1-2H3,(H,12,13). The van der Waals surface area contributed by atoms with E-state index in [1.807, 2.05) is 0 Å². The minimum absolute atomic E-state index is 0.533. The van der Waals surface area contributed by atoms with Crippen LogP contribution in [-0.2, 0) is 0 Å². The number of aliphatic hydroxyl groups is 1. The molecule has 2 atom stereocenters. The molecule has 0 bridgehead atoms. The number of fused-ring (bicyclic) bond motifs is 1. The van der Waals surface area contributed by atoms with Crippen LogP contribution in [0, 0.1) is 0 Å². The Labute approximate surface area is 88.3 Å². The molecule has 0 fully saturated rings. The van der Waals surface area contributed by atoms with Gasteiger partial charge in [-0.1, -0.05) is 0 Å². The fraction of sp³-hybridized carbons (Fsp3) is 0.500. The summed E-state index contributed by atoms with van der Waals surface area (Å²) in [5, 5.41) is 12.9. The van der Waals surface area contributed by atoms with Crippen molar-refractivity contribution in [3.05, 3.63) is 18.3 Å². The molecule has 1 aliphatic rings. The number of ether oxygens (including phenoxy) is 1. The quantitative estimate of drug-likeness (QED) is 0.653. The molecule has 2 rings (SSSR count). The Morgan fingerprint density at radius 1 is 1.67 bits per heavy atom. The summed E-state index contributed by atoms with van der Waals surface area (Å²) in [5.41, 5.74) is 5.08. The molecule has 15 heavy (non-hydrogen) atoms. The summed E-state index contributed by atoms with van der Waals surface area (Å²) in [7, 11) is 0. The van der Waals surface area contributed by atoms with Crippen molar-refractivity contribution in [1.82, 2.24) is 4.98 Å². The van der Waals surface area contributed by atoms with E-state index in [1.165, 1.54) is 0 Å². The number of pyridine rings is 1. The number of rotatable bonds is 2. The van der Waals surface area contributed by atoms with E-state index >= 15 is 0 Å². The van der Waals surface area contributed by atoms with Gasteiger partial charge in [0.05, 0.1) is 0 Å². The highest BCUT2D eigenvalue weighted by molar-refractivity contribution is 5.53. The lowest BCUT2D eigenvalue weighted by molar-refractivity contribution is 0.0163. The molecule has 0 amide bonds. The minimum Gasteiger partial charge on any atom is -0.464 e. The third kappa shape index (κ3) is 1.88. The van der Waals surface area contributed by atoms with E-state index in [1.54, 1.807) is 32.2 Å². The lowest BCUT2D eigenvalue weighted by atomic mass is 9.98. The Morgan fingerprint density at radius 2 is 2.40 bits per heavy atom. The molecule has 82 valence electrons. The topological polar surface area (TPSA) is 80.4 Å². The highest BCUT2D eigenvalue weighted by atomic mass is 16.5. The first-order chi connectivity index (χ1) is 6.98. The van der Waals surface area contributed by atoms with Crippen molar-refractivity contribution in [2.45, 2.75) is 31.7 Å². The number of nitrogens with one attached hydrogen (secondary N) is 1. The van der Waals surface area contributed by atoms with Crippen LogP contribution in [0.5, 0.6) is 5.75 Å². The molecule has 1 aromatic heterocycles. The van der Waals surface area contributed by atoms with Crippen LogP contribution in [-0.4, -0.2) is 28.0 Å². The smallest absolute Gasteiger partial charge is 0.199 e. The summed E-state index contributed by atoms with van der Waals surface area (Å²) < 4.78 is 5.49. The SMILES string of the molecule is CC(C)(N)C(O)C1Nc2ncccc2O1. The molecular weight excluding hydrogens is 194 g/mol. The third-order valence-corrected chi connectivity index (χ3v) is 2.35. The van der Waals surface area contributed by atoms with Gasteiger partial charge in [0.15, 0.2) is 17.8 Å². The molecule has 2 unspecified atom stereocenters. The Bertz CT molecular complexity index is 337. The van der Waals surface area contributed by atoms with Gasteiger partial charge in [0, 0.05) is 11.7 Å². The van der Waals surface area contributed by atoms with Gasteiger partial charge in [0.2, 0.25) is 0 Å². The maximum absolute atomic E-state index is 9.92. The largest absolute Gasteiger partial charge is 0.464 e. The van der Waals surface area contributed by atoms with Gasteiger partial charge in [-0.25, -0.2) is 4.98 Å². The first kappa shape index (κ1) is 10.2. The van der Waals surface area contributed by atoms with Gasteiger partial charge in [-0.2, -0.15) is 0 Å². The molecule has 2 heterocycles. The summed E-state index contributed by atoms with van der Waals surface area (Å²) in [5.74, 6) is 1.29. The zero-order chi connectivity index (χ0) is 11.1. The fourth-order valence-electron chi connectivity index (χ4n) is 1.43. The molecular formula is C10H15N3O2. The van der Waals surface area contributed by atoms with E-state index in [9.17, 15) is 5.11 Å². The maximum atomic E-state index is 9.92. The molecule has 0 radical (unpaired) electrons. The second-order valence-corrected chi connectivity index (χ2v) is 4.30. The summed E-state index contributed by atoms with van der Waals surface area (Å²) in [6.45, 7) is 3.50. The van der Waals surface area contributed by atoms with Gasteiger partial charge in [0.25, 0.3) is 0 Å². The number of hydrogen-bond acceptors (Lipinski definition) is 5. The van der Waals surface area contributed by atoms with Gasteiger partial charge in [0.1, 0.15) is 6.10 Å². The number of hydrogen-bond donors (Lipinski definition) is 3. The predicted molar refractivity (Wildman–Crippen MR) is 56.5 cm³/mol. The number of anilines is 1. The summed E-state index contributed by atoms with van der Waals surface area (Å²) in [6, 6.07) is 3.58. The first-order valence-electron chi connectivity index (χ1n) is 4.83. The Kier molecular flexibility index (Phi) is 2.28. The van der Waals surface area contributed by atoms with Crippen LogP contribution in [0.1, 0.15) is 13.8 Å². The summed E-state index contributed by atoms with van der Waals surface area (Å²) >= 11 is 0. The van der Waals surface area contributed by atoms with Crippen LogP contribution in [0.25, 0.3) is 0 Å². The number of aromatic nitrogens is 1. The Morgan fingerprint density at radius 3 is 3.00 bits per heavy atom. The van der Waals surface area contributed by atoms with Gasteiger partial charge in [-0.05, 0) is 26.0 Å². The van der Waals surface area contributed by atoms with Crippen LogP contribution in [0.3, 0.4) is 0 Å². The van der Waals surface area contributed by atoms with Crippen molar-refractivity contribution in [1.29, 1.82) is 0 Å². The highest BCUT2D eigenvalue weighted by Crippen LogP contribution is 2.31. The van der Waals surface area contributed by atoms with Gasteiger partial charge < -0.3 is 20.9 Å². The number of aliphatic hydroxyl groups excluding tert-OH is 1. The molecule has 5 nitrogen and oxygen atoms in total. The number of nitrogens with two attached hydrogens (primary N) is 1. The van der Waals surface area contributed by atoms with Crippen molar-refractivity contribution >= 4 is 5.82 Å². The maximum Gasteiger partial charge on any atom is 0.199 e. The first-order valence-corrected chi connectivity index (χ1v) is 4.83. The van der Waals surface area contributed by atoms with Crippen molar-refractivity contribution in [3.63, 3.8) is 0 Å². The van der Waals surface area contributed by atoms with E-state index in [0.717, 1.165) is 0 Å². The van der Waals surface area contributed by atoms with Crippen LogP contribution >= 0.6 is 0 Å². The van der Waals surface area contributed by atoms with Crippen LogP contribution in [0.2, 0.25) is 0 Å². The molecule has 0 saturated carbocycles. The second-order valence-electron chi connectivity index (χ2n) is 4.30. The van der Waals surface area contributed by atoms with Crippen LogP contribution < -0.4 is 15.8 Å². The van der Waals surface area contributed by atoms with Gasteiger partial charge >= 0.3 is 0 Å². The normalized spacial score (nSPS) is 21.5. The highest BCUT2D eigenvalue weighted by Gasteiger charge is 2.36. The number of nitrogens with zero attached hydrogens (tertiary/aromatic N) is 1. The van der Waals surface area contributed by atoms with Crippen molar-refractivity contribution in [3.8, 4) is 5.75 Å². The average molecular weight is 209 g/mol. The molecule has 1 aromatic rings. The molecule has 4 N–H and O–H groups in total. The predicted octanol–water partition coefficient (Wildman–Crippen LogP) is 0.310. The fourth-order valence-corrected chi connectivity index (χ4v) is 1.43. The molecule has 0 aromatic carbocycles. The van der Waals surface area contributed by atoms with Gasteiger partial charge in [-0.3, -0.25) is 0 Å². The molecule has 0 spiro atoms. The Balaban J connectivity index is 2.14. The lowest BCUT2D eigenvalue weighted by Gasteiger charge is -2.29. The zero-order valence-corrected chi connectivity index (χ0v) is 8.77. The molecule has 0 saturated heterocycles. The molecule has 1 aliphatic heterocycles. The zero-order valence-electron chi connectivity index (χ0n) is 8.77. The van der Waals surface area contributed by atoms with Crippen molar-refractivity contribution in [2.24, 2.45) is 5.73 Å². The van der Waals surface area contributed by atoms with Crippen molar-refractivity contribution < 1.29 is 9.84 Å².